The van der Waals surface area contributed by atoms with Crippen molar-refractivity contribution in [1.82, 2.24) is 9.80 Å². The quantitative estimate of drug-likeness (QED) is 0.623. The van der Waals surface area contributed by atoms with E-state index in [0.717, 1.165) is 17.9 Å². The Kier molecular flexibility index (Phi) is 2.29. The second kappa shape index (κ2) is 3.49. The van der Waals surface area contributed by atoms with Gasteiger partial charge >= 0.3 is 0 Å². The Morgan fingerprint density at radius 3 is 2.29 bits per heavy atom. The fourth-order valence-corrected chi connectivity index (χ4v) is 3.81. The predicted molar refractivity (Wildman–Crippen MR) is 58.3 cm³/mol. The van der Waals surface area contributed by atoms with Crippen molar-refractivity contribution < 1.29 is 0 Å². The lowest BCUT2D eigenvalue weighted by atomic mass is 9.93. The minimum atomic E-state index is 0.974. The summed E-state index contributed by atoms with van der Waals surface area (Å²) in [4.78, 5) is 5.24. The first-order valence-corrected chi connectivity index (χ1v) is 6.25. The normalized spacial score (nSPS) is 44.8. The summed E-state index contributed by atoms with van der Waals surface area (Å²) in [5.74, 6) is 2.17. The SMILES string of the molecule is CN1CCN(C2CC3CCC2C3)CC1. The second-order valence-corrected chi connectivity index (χ2v) is 5.58. The topological polar surface area (TPSA) is 6.48 Å². The lowest BCUT2D eigenvalue weighted by Crippen LogP contribution is -2.50. The standard InChI is InChI=1S/C12H22N2/c1-13-4-6-14(7-5-13)12-9-10-2-3-11(12)8-10/h10-12H,2-9H2,1H3. The first-order valence-electron chi connectivity index (χ1n) is 6.25. The summed E-state index contributed by atoms with van der Waals surface area (Å²) in [6.07, 6.45) is 6.14. The van der Waals surface area contributed by atoms with E-state index in [0.29, 0.717) is 0 Å². The Bertz CT molecular complexity index is 208. The van der Waals surface area contributed by atoms with Gasteiger partial charge in [0.05, 0.1) is 0 Å². The Morgan fingerprint density at radius 1 is 0.929 bits per heavy atom. The van der Waals surface area contributed by atoms with Gasteiger partial charge in [0.25, 0.3) is 0 Å². The monoisotopic (exact) mass is 194 g/mol. The van der Waals surface area contributed by atoms with E-state index in [1.54, 1.807) is 6.42 Å². The van der Waals surface area contributed by atoms with Crippen LogP contribution in [0.3, 0.4) is 0 Å². The maximum atomic E-state index is 2.78. The molecule has 2 nitrogen and oxygen atoms in total. The van der Waals surface area contributed by atoms with Gasteiger partial charge < -0.3 is 4.90 Å². The molecule has 80 valence electrons. The summed E-state index contributed by atoms with van der Waals surface area (Å²) >= 11 is 0. The van der Waals surface area contributed by atoms with Gasteiger partial charge in [-0.15, -0.1) is 0 Å². The van der Waals surface area contributed by atoms with Crippen LogP contribution >= 0.6 is 0 Å². The van der Waals surface area contributed by atoms with Crippen molar-refractivity contribution >= 4 is 0 Å². The maximum Gasteiger partial charge on any atom is 0.0127 e. The van der Waals surface area contributed by atoms with Crippen molar-refractivity contribution in [1.29, 1.82) is 0 Å². The Balaban J connectivity index is 1.61. The first kappa shape index (κ1) is 9.17. The third-order valence-corrected chi connectivity index (χ3v) is 4.71. The molecule has 0 spiro atoms. The fourth-order valence-electron chi connectivity index (χ4n) is 3.81. The summed E-state index contributed by atoms with van der Waals surface area (Å²) < 4.78 is 0. The predicted octanol–water partition coefficient (Wildman–Crippen LogP) is 1.42. The van der Waals surface area contributed by atoms with Crippen molar-refractivity contribution in [3.05, 3.63) is 0 Å². The van der Waals surface area contributed by atoms with Gasteiger partial charge in [0.15, 0.2) is 0 Å². The van der Waals surface area contributed by atoms with Crippen LogP contribution in [0.25, 0.3) is 0 Å². The largest absolute Gasteiger partial charge is 0.304 e. The van der Waals surface area contributed by atoms with Crippen molar-refractivity contribution in [3.8, 4) is 0 Å². The fraction of sp³-hybridized carbons (Fsp3) is 1.00. The molecule has 0 aromatic carbocycles. The van der Waals surface area contributed by atoms with E-state index in [1.165, 1.54) is 45.4 Å². The zero-order valence-corrected chi connectivity index (χ0v) is 9.28. The van der Waals surface area contributed by atoms with Crippen LogP contribution in [0, 0.1) is 11.8 Å². The number of hydrogen-bond acceptors (Lipinski definition) is 2. The molecule has 3 unspecified atom stereocenters. The average Bonchev–Trinajstić information content (AvgIpc) is 2.80. The number of hydrogen-bond donors (Lipinski definition) is 0. The summed E-state index contributed by atoms with van der Waals surface area (Å²) in [6, 6.07) is 0.974. The molecule has 2 aliphatic carbocycles. The maximum absolute atomic E-state index is 2.78. The van der Waals surface area contributed by atoms with Crippen molar-refractivity contribution in [2.24, 2.45) is 11.8 Å². The minimum Gasteiger partial charge on any atom is -0.304 e. The van der Waals surface area contributed by atoms with Crippen molar-refractivity contribution in [2.45, 2.75) is 31.7 Å². The van der Waals surface area contributed by atoms with Gasteiger partial charge in [-0.05, 0) is 38.1 Å². The minimum absolute atomic E-state index is 0.974. The lowest BCUT2D eigenvalue weighted by Gasteiger charge is -2.39. The van der Waals surface area contributed by atoms with E-state index in [9.17, 15) is 0 Å². The van der Waals surface area contributed by atoms with Crippen LogP contribution in [-0.2, 0) is 0 Å². The van der Waals surface area contributed by atoms with Crippen LogP contribution in [0.2, 0.25) is 0 Å². The highest BCUT2D eigenvalue weighted by atomic mass is 15.3. The van der Waals surface area contributed by atoms with Gasteiger partial charge in [-0.1, -0.05) is 6.42 Å². The van der Waals surface area contributed by atoms with Gasteiger partial charge in [0.2, 0.25) is 0 Å². The van der Waals surface area contributed by atoms with Gasteiger partial charge in [-0.3, -0.25) is 4.90 Å². The molecule has 0 aromatic rings. The molecular weight excluding hydrogens is 172 g/mol. The van der Waals surface area contributed by atoms with Crippen LogP contribution in [0.15, 0.2) is 0 Å². The molecule has 0 N–H and O–H groups in total. The van der Waals surface area contributed by atoms with Crippen molar-refractivity contribution in [3.63, 3.8) is 0 Å². The molecule has 2 heteroatoms. The zero-order valence-electron chi connectivity index (χ0n) is 9.28. The number of rotatable bonds is 1. The van der Waals surface area contributed by atoms with Gasteiger partial charge in [0.1, 0.15) is 0 Å². The molecule has 3 fully saturated rings. The van der Waals surface area contributed by atoms with Crippen LogP contribution in [0.5, 0.6) is 0 Å². The molecule has 0 aromatic heterocycles. The number of nitrogens with zero attached hydrogens (tertiary/aromatic N) is 2. The highest BCUT2D eigenvalue weighted by Gasteiger charge is 2.42. The molecule has 2 bridgehead atoms. The third-order valence-electron chi connectivity index (χ3n) is 4.71. The van der Waals surface area contributed by atoms with E-state index in [4.69, 9.17) is 0 Å². The Hall–Kier alpha value is -0.0800. The molecule has 2 saturated carbocycles. The van der Waals surface area contributed by atoms with E-state index in [2.05, 4.69) is 16.8 Å². The Labute approximate surface area is 87.3 Å². The smallest absolute Gasteiger partial charge is 0.0127 e. The molecule has 14 heavy (non-hydrogen) atoms. The molecule has 0 amide bonds. The molecule has 1 saturated heterocycles. The lowest BCUT2D eigenvalue weighted by molar-refractivity contribution is 0.0826. The molecule has 1 heterocycles. The molecule has 0 radical (unpaired) electrons. The van der Waals surface area contributed by atoms with Gasteiger partial charge in [-0.25, -0.2) is 0 Å². The van der Waals surface area contributed by atoms with Gasteiger partial charge in [-0.2, -0.15) is 0 Å². The first-order chi connectivity index (χ1) is 6.83. The van der Waals surface area contributed by atoms with Crippen LogP contribution in [-0.4, -0.2) is 49.1 Å². The summed E-state index contributed by atoms with van der Waals surface area (Å²) in [5, 5.41) is 0. The highest BCUT2D eigenvalue weighted by Crippen LogP contribution is 2.46. The van der Waals surface area contributed by atoms with E-state index < -0.39 is 0 Å². The zero-order chi connectivity index (χ0) is 9.54. The van der Waals surface area contributed by atoms with Gasteiger partial charge in [0, 0.05) is 32.2 Å². The van der Waals surface area contributed by atoms with E-state index >= 15 is 0 Å². The summed E-state index contributed by atoms with van der Waals surface area (Å²) in [7, 11) is 2.25. The average molecular weight is 194 g/mol. The van der Waals surface area contributed by atoms with E-state index in [-0.39, 0.29) is 0 Å². The number of piperazine rings is 1. The van der Waals surface area contributed by atoms with Crippen LogP contribution in [0.4, 0.5) is 0 Å². The van der Waals surface area contributed by atoms with E-state index in [1.807, 2.05) is 0 Å². The van der Waals surface area contributed by atoms with Crippen LogP contribution in [0.1, 0.15) is 25.7 Å². The highest BCUT2D eigenvalue weighted by molar-refractivity contribution is 4.96. The second-order valence-electron chi connectivity index (χ2n) is 5.58. The molecular formula is C12H22N2. The summed E-state index contributed by atoms with van der Waals surface area (Å²) in [5.41, 5.74) is 0. The molecule has 3 atom stereocenters. The molecule has 3 aliphatic rings. The van der Waals surface area contributed by atoms with Crippen molar-refractivity contribution in [2.75, 3.05) is 33.2 Å². The van der Waals surface area contributed by atoms with Crippen LogP contribution < -0.4 is 0 Å². The molecule has 1 aliphatic heterocycles. The number of likely N-dealkylation sites (N-methyl/N-ethyl adjacent to an activating group) is 1. The summed E-state index contributed by atoms with van der Waals surface area (Å²) in [6.45, 7) is 5.22. The Morgan fingerprint density at radius 2 is 1.71 bits per heavy atom. The molecule has 3 rings (SSSR count). The number of fused-ring (bicyclic) bond motifs is 2. The third kappa shape index (κ3) is 1.49.